The zero-order chi connectivity index (χ0) is 9.19. The van der Waals surface area contributed by atoms with E-state index in [1.807, 2.05) is 0 Å². The maximum absolute atomic E-state index is 12.1. The van der Waals surface area contributed by atoms with Gasteiger partial charge in [-0.3, -0.25) is 0 Å². The van der Waals surface area contributed by atoms with Gasteiger partial charge in [0.1, 0.15) is 11.5 Å². The molecule has 0 aliphatic heterocycles. The fourth-order valence-corrected chi connectivity index (χ4v) is 0.687. The van der Waals surface area contributed by atoms with Gasteiger partial charge in [-0.15, -0.1) is 0 Å². The Hall–Kier alpha value is -0.970. The predicted molar refractivity (Wildman–Crippen MR) is 36.7 cm³/mol. The lowest BCUT2D eigenvalue weighted by Gasteiger charge is -2.08. The van der Waals surface area contributed by atoms with E-state index in [4.69, 9.17) is 0 Å². The summed E-state index contributed by atoms with van der Waals surface area (Å²) in [5.74, 6) is 0.577. The van der Waals surface area contributed by atoms with Gasteiger partial charge in [0, 0.05) is 13.0 Å². The maximum Gasteiger partial charge on any atom is 0.353 e. The smallest absolute Gasteiger partial charge is 0.353 e. The van der Waals surface area contributed by atoms with Crippen LogP contribution in [0.4, 0.5) is 8.78 Å². The van der Waals surface area contributed by atoms with Crippen molar-refractivity contribution in [2.75, 3.05) is 0 Å². The van der Waals surface area contributed by atoms with E-state index >= 15 is 0 Å². The summed E-state index contributed by atoms with van der Waals surface area (Å²) in [4.78, 5) is 0. The van der Waals surface area contributed by atoms with Gasteiger partial charge >= 0.3 is 6.11 Å². The van der Waals surface area contributed by atoms with Crippen LogP contribution in [0.1, 0.15) is 18.4 Å². The molecule has 0 radical (unpaired) electrons. The van der Waals surface area contributed by atoms with Gasteiger partial charge in [-0.05, 0) is 6.92 Å². The Labute approximate surface area is 68.3 Å². The molecule has 0 unspecified atom stereocenters. The zero-order valence-electron chi connectivity index (χ0n) is 6.80. The molecular weight excluding hydrogens is 168 g/mol. The summed E-state index contributed by atoms with van der Waals surface area (Å²) in [6.45, 7) is 2.13. The van der Waals surface area contributed by atoms with Gasteiger partial charge in [0.2, 0.25) is 0 Å². The number of rotatable bonds is 3. The van der Waals surface area contributed by atoms with Crippen molar-refractivity contribution in [2.45, 2.75) is 26.6 Å². The monoisotopic (exact) mass is 177 g/mol. The number of aryl methyl sites for hydroxylation is 1. The number of halogens is 2. The first-order valence-corrected chi connectivity index (χ1v) is 3.41. The molecule has 3 nitrogen and oxygen atoms in total. The van der Waals surface area contributed by atoms with Gasteiger partial charge in [-0.2, -0.15) is 8.78 Å². The molecule has 0 spiro atoms. The second-order valence-corrected chi connectivity index (χ2v) is 2.53. The fourth-order valence-electron chi connectivity index (χ4n) is 0.687. The third-order valence-electron chi connectivity index (χ3n) is 1.15. The minimum Gasteiger partial charge on any atom is -0.361 e. The van der Waals surface area contributed by atoms with Crippen LogP contribution in [-0.4, -0.2) is 11.3 Å². The van der Waals surface area contributed by atoms with Crippen LogP contribution in [0.25, 0.3) is 0 Å². The molecule has 0 saturated carbocycles. The van der Waals surface area contributed by atoms with Gasteiger partial charge < -0.3 is 9.26 Å². The van der Waals surface area contributed by atoms with Crippen LogP contribution >= 0.6 is 0 Å². The van der Waals surface area contributed by atoms with E-state index in [1.54, 1.807) is 13.0 Å². The van der Waals surface area contributed by atoms with Crippen LogP contribution in [0, 0.1) is 6.92 Å². The highest BCUT2D eigenvalue weighted by atomic mass is 19.3. The highest BCUT2D eigenvalue weighted by Crippen LogP contribution is 2.15. The van der Waals surface area contributed by atoms with Crippen molar-refractivity contribution < 1.29 is 18.0 Å². The molecule has 0 aromatic carbocycles. The lowest BCUT2D eigenvalue weighted by Crippen LogP contribution is -2.14. The van der Waals surface area contributed by atoms with E-state index in [1.165, 1.54) is 0 Å². The van der Waals surface area contributed by atoms with Gasteiger partial charge in [0.05, 0.1) is 6.61 Å². The quantitative estimate of drug-likeness (QED) is 0.709. The van der Waals surface area contributed by atoms with Crippen molar-refractivity contribution in [1.82, 2.24) is 5.16 Å². The van der Waals surface area contributed by atoms with E-state index in [9.17, 15) is 8.78 Å². The number of aromatic nitrogens is 1. The minimum absolute atomic E-state index is 0.235. The topological polar surface area (TPSA) is 35.3 Å². The van der Waals surface area contributed by atoms with Gasteiger partial charge in [-0.25, -0.2) is 0 Å². The summed E-state index contributed by atoms with van der Waals surface area (Å²) in [5.41, 5.74) is 0.369. The molecule has 0 aliphatic carbocycles. The largest absolute Gasteiger partial charge is 0.361 e. The molecule has 5 heteroatoms. The van der Waals surface area contributed by atoms with Crippen LogP contribution in [0.15, 0.2) is 10.6 Å². The first-order valence-electron chi connectivity index (χ1n) is 3.41. The van der Waals surface area contributed by atoms with E-state index in [2.05, 4.69) is 14.4 Å². The Morgan fingerprint density at radius 1 is 1.67 bits per heavy atom. The molecule has 0 aliphatic rings. The fraction of sp³-hybridized carbons (Fsp3) is 0.571. The van der Waals surface area contributed by atoms with Crippen LogP contribution < -0.4 is 0 Å². The summed E-state index contributed by atoms with van der Waals surface area (Å²) < 4.78 is 33.1. The first-order chi connectivity index (χ1) is 5.47. The Bertz CT molecular complexity index is 254. The average Bonchev–Trinajstić information content (AvgIpc) is 2.30. The predicted octanol–water partition coefficient (Wildman–Crippen LogP) is 2.11. The van der Waals surface area contributed by atoms with Gasteiger partial charge in [0.25, 0.3) is 0 Å². The molecule has 0 saturated heterocycles. The lowest BCUT2D eigenvalue weighted by molar-refractivity contribution is -0.232. The van der Waals surface area contributed by atoms with Crippen molar-refractivity contribution in [3.05, 3.63) is 17.5 Å². The Balaban J connectivity index is 2.44. The van der Waals surface area contributed by atoms with Crippen molar-refractivity contribution in [3.8, 4) is 0 Å². The van der Waals surface area contributed by atoms with Crippen LogP contribution in [0.2, 0.25) is 0 Å². The van der Waals surface area contributed by atoms with Crippen molar-refractivity contribution in [2.24, 2.45) is 0 Å². The van der Waals surface area contributed by atoms with E-state index in [-0.39, 0.29) is 6.61 Å². The highest BCUT2D eigenvalue weighted by molar-refractivity contribution is 5.01. The number of nitrogens with zero attached hydrogens (tertiary/aromatic N) is 1. The standard InChI is InChI=1S/C7H9F2NO2/c1-5-3-6(10-12-5)4-11-7(2,8)9/h3H,4H2,1-2H3. The van der Waals surface area contributed by atoms with Crippen molar-refractivity contribution >= 4 is 0 Å². The Morgan fingerprint density at radius 3 is 2.75 bits per heavy atom. The summed E-state index contributed by atoms with van der Waals surface area (Å²) in [6, 6.07) is 1.55. The summed E-state index contributed by atoms with van der Waals surface area (Å²) >= 11 is 0. The lowest BCUT2D eigenvalue weighted by atomic mass is 10.4. The molecule has 1 rings (SSSR count). The summed E-state index contributed by atoms with van der Waals surface area (Å²) in [6.07, 6.45) is -3.12. The van der Waals surface area contributed by atoms with Crippen LogP contribution in [-0.2, 0) is 11.3 Å². The molecule has 0 bridgehead atoms. The normalized spacial score (nSPS) is 12.0. The molecule has 68 valence electrons. The van der Waals surface area contributed by atoms with Crippen LogP contribution in [0.5, 0.6) is 0 Å². The Morgan fingerprint density at radius 2 is 2.33 bits per heavy atom. The molecule has 0 fully saturated rings. The first kappa shape index (κ1) is 9.12. The summed E-state index contributed by atoms with van der Waals surface area (Å²) in [7, 11) is 0. The molecule has 0 atom stereocenters. The molecule has 0 N–H and O–H groups in total. The van der Waals surface area contributed by atoms with Crippen molar-refractivity contribution in [1.29, 1.82) is 0 Å². The average molecular weight is 177 g/mol. The summed E-state index contributed by atoms with van der Waals surface area (Å²) in [5, 5.41) is 3.49. The molecule has 1 aromatic rings. The molecule has 1 aromatic heterocycles. The second kappa shape index (κ2) is 3.18. The molecular formula is C7H9F2NO2. The van der Waals surface area contributed by atoms with Gasteiger partial charge in [-0.1, -0.05) is 5.16 Å². The van der Waals surface area contributed by atoms with E-state index in [0.29, 0.717) is 18.4 Å². The molecule has 12 heavy (non-hydrogen) atoms. The number of hydrogen-bond acceptors (Lipinski definition) is 3. The third-order valence-corrected chi connectivity index (χ3v) is 1.15. The number of ether oxygens (including phenoxy) is 1. The third kappa shape index (κ3) is 2.96. The van der Waals surface area contributed by atoms with E-state index in [0.717, 1.165) is 0 Å². The Kier molecular flexibility index (Phi) is 2.42. The number of alkyl halides is 2. The molecule has 0 amide bonds. The van der Waals surface area contributed by atoms with E-state index < -0.39 is 6.11 Å². The highest BCUT2D eigenvalue weighted by Gasteiger charge is 2.21. The second-order valence-electron chi connectivity index (χ2n) is 2.53. The van der Waals surface area contributed by atoms with Crippen molar-refractivity contribution in [3.63, 3.8) is 0 Å². The number of hydrogen-bond donors (Lipinski definition) is 0. The SMILES string of the molecule is Cc1cc(COC(C)(F)F)no1. The molecule has 1 heterocycles. The van der Waals surface area contributed by atoms with Gasteiger partial charge in [0.15, 0.2) is 0 Å². The minimum atomic E-state index is -3.12. The zero-order valence-corrected chi connectivity index (χ0v) is 6.80. The maximum atomic E-state index is 12.1. The van der Waals surface area contributed by atoms with Crippen LogP contribution in [0.3, 0.4) is 0 Å².